The SMILES string of the molecule is CCC(CCc1ccc(C)cc1)OPP. The van der Waals surface area contributed by atoms with Crippen LogP contribution < -0.4 is 0 Å². The van der Waals surface area contributed by atoms with Crippen LogP contribution in [0.1, 0.15) is 30.9 Å². The smallest absolute Gasteiger partial charge is 0.0619 e. The molecular weight excluding hydrogens is 222 g/mol. The standard InChI is InChI=1S/C12H20OP2/c1-3-12(13-15-14)9-8-11-6-4-10(2)5-7-11/h4-7,12,15H,3,8-9,14H2,1-2H3. The molecule has 0 aliphatic rings. The zero-order chi connectivity index (χ0) is 11.1. The van der Waals surface area contributed by atoms with E-state index < -0.39 is 0 Å². The molecule has 0 amide bonds. The average molecular weight is 242 g/mol. The third-order valence-corrected chi connectivity index (χ3v) is 3.44. The van der Waals surface area contributed by atoms with Crippen molar-refractivity contribution in [2.75, 3.05) is 0 Å². The molecule has 0 aromatic heterocycles. The molecule has 1 aromatic carbocycles. The van der Waals surface area contributed by atoms with E-state index in [1.807, 2.05) is 0 Å². The molecule has 1 aromatic rings. The van der Waals surface area contributed by atoms with Crippen LogP contribution in [0.25, 0.3) is 0 Å². The first-order chi connectivity index (χ1) is 7.26. The molecule has 15 heavy (non-hydrogen) atoms. The Hall–Kier alpha value is 0.0400. The van der Waals surface area contributed by atoms with Crippen molar-refractivity contribution in [3.05, 3.63) is 35.4 Å². The summed E-state index contributed by atoms with van der Waals surface area (Å²) < 4.78 is 5.63. The Morgan fingerprint density at radius 2 is 2.00 bits per heavy atom. The molecule has 0 aliphatic carbocycles. The zero-order valence-corrected chi connectivity index (χ0v) is 11.6. The van der Waals surface area contributed by atoms with Crippen LogP contribution in [0.2, 0.25) is 0 Å². The van der Waals surface area contributed by atoms with E-state index >= 15 is 0 Å². The maximum Gasteiger partial charge on any atom is 0.0619 e. The first-order valence-corrected chi connectivity index (χ1v) is 8.14. The topological polar surface area (TPSA) is 9.23 Å². The Morgan fingerprint density at radius 3 is 2.53 bits per heavy atom. The minimum absolute atomic E-state index is 0.419. The van der Waals surface area contributed by atoms with Gasteiger partial charge in [-0.25, -0.2) is 0 Å². The molecule has 0 N–H and O–H groups in total. The summed E-state index contributed by atoms with van der Waals surface area (Å²) in [6.07, 6.45) is 3.77. The van der Waals surface area contributed by atoms with Gasteiger partial charge in [0.1, 0.15) is 0 Å². The summed E-state index contributed by atoms with van der Waals surface area (Å²) in [7, 11) is 3.17. The highest BCUT2D eigenvalue weighted by Gasteiger charge is 2.05. The van der Waals surface area contributed by atoms with Crippen molar-refractivity contribution in [3.63, 3.8) is 0 Å². The van der Waals surface area contributed by atoms with Gasteiger partial charge in [-0.05, 0) is 31.7 Å². The Morgan fingerprint density at radius 1 is 1.33 bits per heavy atom. The molecule has 3 heteroatoms. The molecule has 0 aliphatic heterocycles. The summed E-state index contributed by atoms with van der Waals surface area (Å²) >= 11 is 0. The van der Waals surface area contributed by atoms with Gasteiger partial charge in [-0.1, -0.05) is 45.7 Å². The molecule has 3 unspecified atom stereocenters. The highest BCUT2D eigenvalue weighted by Crippen LogP contribution is 2.26. The number of benzene rings is 1. The highest BCUT2D eigenvalue weighted by atomic mass is 32.0. The first-order valence-electron chi connectivity index (χ1n) is 5.43. The first kappa shape index (κ1) is 13.1. The third kappa shape index (κ3) is 5.07. The minimum atomic E-state index is 0.419. The van der Waals surface area contributed by atoms with Crippen molar-refractivity contribution in [3.8, 4) is 0 Å². The summed E-state index contributed by atoms with van der Waals surface area (Å²) in [5.41, 5.74) is 2.74. The van der Waals surface area contributed by atoms with Gasteiger partial charge in [0.2, 0.25) is 0 Å². The summed E-state index contributed by atoms with van der Waals surface area (Å²) in [4.78, 5) is 0. The zero-order valence-electron chi connectivity index (χ0n) is 9.49. The lowest BCUT2D eigenvalue weighted by Gasteiger charge is -2.14. The van der Waals surface area contributed by atoms with Crippen LogP contribution in [0, 0.1) is 6.92 Å². The average Bonchev–Trinajstić information content (AvgIpc) is 2.26. The Kier molecular flexibility index (Phi) is 6.41. The van der Waals surface area contributed by atoms with E-state index in [-0.39, 0.29) is 0 Å². The predicted octanol–water partition coefficient (Wildman–Crippen LogP) is 4.11. The fraction of sp³-hybridized carbons (Fsp3) is 0.500. The van der Waals surface area contributed by atoms with E-state index in [0.717, 1.165) is 19.3 Å². The van der Waals surface area contributed by atoms with Gasteiger partial charge in [-0.15, -0.1) is 0 Å². The molecule has 0 fully saturated rings. The van der Waals surface area contributed by atoms with Gasteiger partial charge in [-0.2, -0.15) is 0 Å². The van der Waals surface area contributed by atoms with Gasteiger partial charge < -0.3 is 4.52 Å². The lowest BCUT2D eigenvalue weighted by atomic mass is 10.0. The fourth-order valence-corrected chi connectivity index (χ4v) is 2.58. The number of aryl methyl sites for hydroxylation is 2. The van der Waals surface area contributed by atoms with Crippen molar-refractivity contribution in [2.45, 2.75) is 39.2 Å². The maximum atomic E-state index is 5.63. The molecule has 1 nitrogen and oxygen atoms in total. The summed E-state index contributed by atoms with van der Waals surface area (Å²) in [6.45, 7) is 4.31. The molecule has 0 spiro atoms. The van der Waals surface area contributed by atoms with E-state index in [1.54, 1.807) is 0 Å². The second kappa shape index (κ2) is 7.34. The molecule has 1 rings (SSSR count). The van der Waals surface area contributed by atoms with Crippen LogP contribution in [0.4, 0.5) is 0 Å². The molecule has 84 valence electrons. The maximum absolute atomic E-state index is 5.63. The van der Waals surface area contributed by atoms with E-state index in [2.05, 4.69) is 47.0 Å². The van der Waals surface area contributed by atoms with Crippen LogP contribution in [-0.4, -0.2) is 6.10 Å². The van der Waals surface area contributed by atoms with Gasteiger partial charge in [0, 0.05) is 8.50 Å². The highest BCUT2D eigenvalue weighted by molar-refractivity contribution is 8.00. The molecule has 3 atom stereocenters. The second-order valence-corrected chi connectivity index (χ2v) is 4.97. The van der Waals surface area contributed by atoms with E-state index in [9.17, 15) is 0 Å². The van der Waals surface area contributed by atoms with Crippen LogP contribution in [0.15, 0.2) is 24.3 Å². The summed E-state index contributed by atoms with van der Waals surface area (Å²) in [5.74, 6) is 0. The van der Waals surface area contributed by atoms with Crippen molar-refractivity contribution in [2.24, 2.45) is 0 Å². The largest absolute Gasteiger partial charge is 0.355 e. The normalized spacial score (nSPS) is 13.5. The Balaban J connectivity index is 2.38. The Bertz CT molecular complexity index is 271. The van der Waals surface area contributed by atoms with E-state index in [4.69, 9.17) is 4.52 Å². The summed E-state index contributed by atoms with van der Waals surface area (Å²) in [5, 5.41) is 0. The van der Waals surface area contributed by atoms with Crippen LogP contribution >= 0.6 is 17.4 Å². The predicted molar refractivity (Wildman–Crippen MR) is 72.7 cm³/mol. The lowest BCUT2D eigenvalue weighted by Crippen LogP contribution is -2.07. The molecular formula is C12H20OP2. The van der Waals surface area contributed by atoms with Crippen molar-refractivity contribution in [1.29, 1.82) is 0 Å². The van der Waals surface area contributed by atoms with Gasteiger partial charge in [0.25, 0.3) is 0 Å². The quantitative estimate of drug-likeness (QED) is 0.682. The molecule has 0 saturated carbocycles. The molecule has 0 heterocycles. The molecule has 0 radical (unpaired) electrons. The second-order valence-electron chi connectivity index (χ2n) is 3.79. The van der Waals surface area contributed by atoms with E-state index in [1.165, 1.54) is 11.1 Å². The third-order valence-electron chi connectivity index (χ3n) is 2.57. The van der Waals surface area contributed by atoms with Crippen LogP contribution in [0.5, 0.6) is 0 Å². The summed E-state index contributed by atoms with van der Waals surface area (Å²) in [6, 6.07) is 8.78. The van der Waals surface area contributed by atoms with Gasteiger partial charge >= 0.3 is 0 Å². The lowest BCUT2D eigenvalue weighted by molar-refractivity contribution is 0.220. The van der Waals surface area contributed by atoms with Gasteiger partial charge in [0.05, 0.1) is 6.10 Å². The van der Waals surface area contributed by atoms with Gasteiger partial charge in [0.15, 0.2) is 0 Å². The van der Waals surface area contributed by atoms with Crippen LogP contribution in [0.3, 0.4) is 0 Å². The fourth-order valence-electron chi connectivity index (χ4n) is 1.53. The van der Waals surface area contributed by atoms with E-state index in [0.29, 0.717) is 14.6 Å². The van der Waals surface area contributed by atoms with Crippen LogP contribution in [-0.2, 0) is 10.9 Å². The minimum Gasteiger partial charge on any atom is -0.355 e. The molecule has 0 bridgehead atoms. The van der Waals surface area contributed by atoms with Gasteiger partial charge in [-0.3, -0.25) is 0 Å². The van der Waals surface area contributed by atoms with Crippen molar-refractivity contribution >= 4 is 17.4 Å². The van der Waals surface area contributed by atoms with Crippen molar-refractivity contribution in [1.82, 2.24) is 0 Å². The monoisotopic (exact) mass is 242 g/mol. The van der Waals surface area contributed by atoms with Crippen molar-refractivity contribution < 1.29 is 4.52 Å². The Labute approximate surface area is 97.0 Å². The number of rotatable bonds is 6. The number of hydrogen-bond donors (Lipinski definition) is 0. The molecule has 0 saturated heterocycles. The number of hydrogen-bond acceptors (Lipinski definition) is 1.